The fourth-order valence-electron chi connectivity index (χ4n) is 9.90. The van der Waals surface area contributed by atoms with Crippen LogP contribution in [0.2, 0.25) is 0 Å². The van der Waals surface area contributed by atoms with Gasteiger partial charge in [0.15, 0.2) is 0 Å². The molecule has 0 heterocycles. The zero-order valence-electron chi connectivity index (χ0n) is 83.3. The molecule has 0 aliphatic rings. The summed E-state index contributed by atoms with van der Waals surface area (Å²) in [6.45, 7) is 70.5. The minimum Gasteiger partial charge on any atom is -0.463 e. The topological polar surface area (TPSA) is 254 Å². The second-order valence-electron chi connectivity index (χ2n) is 37.7. The minimum atomic E-state index is -0.615. The highest BCUT2D eigenvalue weighted by molar-refractivity contribution is 8.77. The molecule has 2 rings (SSSR count). The molecule has 2 aromatic rings. The van der Waals surface area contributed by atoms with Gasteiger partial charge >= 0.3 is 42.7 Å². The molecule has 4 amide bonds. The fraction of sp³-hybridized carbons (Fsp3) is 0.789. The lowest BCUT2D eigenvalue weighted by atomic mass is 9.90. The number of ketones is 1. The van der Waals surface area contributed by atoms with Gasteiger partial charge in [0.05, 0.1) is 49.7 Å². The first-order chi connectivity index (χ1) is 56.4. The second kappa shape index (κ2) is 73.6. The number of amides is 4. The Balaban J connectivity index is -0.000000442. The lowest BCUT2D eigenvalue weighted by Crippen LogP contribution is -2.38. The molecule has 0 radical (unpaired) electrons. The highest BCUT2D eigenvalue weighted by Gasteiger charge is 2.20. The predicted molar refractivity (Wildman–Crippen MR) is 514 cm³/mol. The molecular weight excluding hydrogens is 1630 g/mol. The van der Waals surface area contributed by atoms with Crippen molar-refractivity contribution in [1.82, 2.24) is 24.9 Å². The molecular formula is C95H177N5O18S4. The zero-order valence-corrected chi connectivity index (χ0v) is 86.6. The summed E-state index contributed by atoms with van der Waals surface area (Å²) in [6.07, 6.45) is 7.54. The standard InChI is InChI=1S/C20H32N2O4.C15H22O3.C13H27NO2S2.C13H26O3S2.C13H26O3.C11H24N2O2.C10H20O/c1-15(2)13-17-7-9-18(10-8-17)14-25-19(23)21(5)11-12-22(6)20(24)26-16(3)4;1-11(2)9-13-5-7-14(8-6-13)10-17-15(16)18-12(3)4;1-11(2)16-12(15)14-8-10-18-17-9-6-7-13(3,4)5;1-11(2)16-12(14)15-8-10-18-17-9-6-7-13(3,4)5;1-11(2)16-12(14)7-10-15-9-6-8-13(3,4)5;1-9(2)12(5)7-8-13(6)11(14)15-10(3)4;1-7(2)6-9(5)10(11)8(3)4/h7-10,15-16H,11-14H2,1-6H3;5-8,11-12H,9-10H2,1-4H3;11H,6-10H2,1-5H3,(H,14,15);11H,6-10H2,1-5H3;11H,6-10H2,1-5H3;9-10H,7-8H2,1-6H3;7-9H,6H2,1-5H3. The first kappa shape index (κ1) is 125. The van der Waals surface area contributed by atoms with Gasteiger partial charge < -0.3 is 72.3 Å². The monoisotopic (exact) mass is 1800 g/mol. The molecule has 0 aliphatic heterocycles. The Morgan fingerprint density at radius 3 is 1.11 bits per heavy atom. The largest absolute Gasteiger partial charge is 0.508 e. The maximum absolute atomic E-state index is 12.1. The smallest absolute Gasteiger partial charge is 0.463 e. The van der Waals surface area contributed by atoms with Crippen molar-refractivity contribution in [2.75, 3.05) is 104 Å². The number of carbonyl (C=O) groups excluding carboxylic acids is 8. The SMILES string of the molecule is CC(C)CC(C)C(=O)C(C)C.CC(C)Cc1ccc(COC(=O)N(C)CCN(C)C(=O)OC(C)C)cc1.CC(C)Cc1ccc(COC(=O)OC(C)C)cc1.CC(C)OC(=O)CCOCCCC(C)(C)C.CC(C)OC(=O)N(C)CCN(C)C(C)C.CC(C)OC(=O)NCCSSCCCC(C)(C)C.CC(C)OC(=O)OCCSSCCCC(C)(C)C. The molecule has 27 heteroatoms. The Morgan fingerprint density at radius 2 is 0.738 bits per heavy atom. The molecule has 23 nitrogen and oxygen atoms in total. The summed E-state index contributed by atoms with van der Waals surface area (Å²) in [6, 6.07) is 16.7. The van der Waals surface area contributed by atoms with Gasteiger partial charge in [-0.2, -0.15) is 0 Å². The molecule has 714 valence electrons. The predicted octanol–water partition coefficient (Wildman–Crippen LogP) is 24.8. The number of nitrogens with zero attached hydrogens (tertiary/aromatic N) is 4. The first-order valence-electron chi connectivity index (χ1n) is 44.4. The van der Waals surface area contributed by atoms with Gasteiger partial charge in [-0.1, -0.05) is 216 Å². The highest BCUT2D eigenvalue weighted by Crippen LogP contribution is 2.29. The number of benzene rings is 2. The second-order valence-corrected chi connectivity index (χ2v) is 43.1. The third-order valence-electron chi connectivity index (χ3n) is 16.3. The van der Waals surface area contributed by atoms with E-state index in [1.807, 2.05) is 126 Å². The van der Waals surface area contributed by atoms with Crippen molar-refractivity contribution in [2.24, 2.45) is 45.8 Å². The van der Waals surface area contributed by atoms with Crippen LogP contribution in [-0.2, 0) is 83.0 Å². The van der Waals surface area contributed by atoms with E-state index in [2.05, 4.69) is 152 Å². The van der Waals surface area contributed by atoms with Crippen molar-refractivity contribution in [3.05, 3.63) is 70.8 Å². The summed E-state index contributed by atoms with van der Waals surface area (Å²) in [7, 11) is 14.4. The van der Waals surface area contributed by atoms with E-state index in [1.165, 1.54) is 52.4 Å². The van der Waals surface area contributed by atoms with Gasteiger partial charge in [-0.25, -0.2) is 28.8 Å². The van der Waals surface area contributed by atoms with Crippen LogP contribution in [0.3, 0.4) is 0 Å². The van der Waals surface area contributed by atoms with Crippen LogP contribution >= 0.6 is 43.2 Å². The van der Waals surface area contributed by atoms with Crippen LogP contribution in [-0.4, -0.2) is 214 Å². The Hall–Kier alpha value is -5.48. The summed E-state index contributed by atoms with van der Waals surface area (Å²) in [5.41, 5.74) is 5.74. The number of nitrogens with one attached hydrogen (secondary N) is 1. The van der Waals surface area contributed by atoms with Crippen LogP contribution in [0.1, 0.15) is 295 Å². The summed E-state index contributed by atoms with van der Waals surface area (Å²) >= 11 is 0. The van der Waals surface area contributed by atoms with Crippen LogP contribution < -0.4 is 5.32 Å². The first-order valence-corrected chi connectivity index (χ1v) is 49.3. The maximum Gasteiger partial charge on any atom is 0.508 e. The number of esters is 1. The molecule has 0 fully saturated rings. The van der Waals surface area contributed by atoms with Crippen molar-refractivity contribution in [1.29, 1.82) is 0 Å². The lowest BCUT2D eigenvalue weighted by molar-refractivity contribution is -0.148. The molecule has 0 bridgehead atoms. The molecule has 0 spiro atoms. The third kappa shape index (κ3) is 89.3. The van der Waals surface area contributed by atoms with Crippen LogP contribution in [0.4, 0.5) is 28.8 Å². The fourth-order valence-corrected chi connectivity index (χ4v) is 13.8. The van der Waals surface area contributed by atoms with Crippen molar-refractivity contribution < 1.29 is 85.7 Å². The number of carbonyl (C=O) groups is 8. The van der Waals surface area contributed by atoms with Gasteiger partial charge in [-0.3, -0.25) is 9.59 Å². The van der Waals surface area contributed by atoms with Crippen LogP contribution in [0.15, 0.2) is 48.5 Å². The van der Waals surface area contributed by atoms with E-state index >= 15 is 0 Å². The minimum absolute atomic E-state index is 0.0339. The van der Waals surface area contributed by atoms with Gasteiger partial charge in [0.1, 0.15) is 25.6 Å². The Labute approximate surface area is 759 Å². The van der Waals surface area contributed by atoms with Gasteiger partial charge in [-0.15, -0.1) is 0 Å². The lowest BCUT2D eigenvalue weighted by Gasteiger charge is -2.25. The van der Waals surface area contributed by atoms with E-state index in [1.54, 1.807) is 78.4 Å². The number of rotatable bonds is 45. The number of alkyl carbamates (subject to hydrolysis) is 1. The Bertz CT molecular complexity index is 2920. The molecule has 2 aromatic carbocycles. The van der Waals surface area contributed by atoms with Crippen molar-refractivity contribution in [3.63, 3.8) is 0 Å². The quantitative estimate of drug-likeness (QED) is 0.0280. The zero-order chi connectivity index (χ0) is 94.9. The van der Waals surface area contributed by atoms with Gasteiger partial charge in [0.25, 0.3) is 0 Å². The van der Waals surface area contributed by atoms with Crippen molar-refractivity contribution in [2.45, 2.75) is 342 Å². The van der Waals surface area contributed by atoms with Crippen molar-refractivity contribution >= 4 is 91.6 Å². The van der Waals surface area contributed by atoms with Crippen LogP contribution in [0.5, 0.6) is 0 Å². The van der Waals surface area contributed by atoms with E-state index in [4.69, 9.17) is 47.4 Å². The molecule has 0 aliphatic carbocycles. The van der Waals surface area contributed by atoms with E-state index in [9.17, 15) is 38.4 Å². The number of hydrogen-bond donors (Lipinski definition) is 1. The van der Waals surface area contributed by atoms with Crippen molar-refractivity contribution in [3.8, 4) is 0 Å². The Kier molecular flexibility index (Phi) is 75.4. The molecule has 0 saturated heterocycles. The molecule has 1 atom stereocenters. The molecule has 0 saturated carbocycles. The number of likely N-dealkylation sites (N-methyl/N-ethyl adjacent to an activating group) is 4. The van der Waals surface area contributed by atoms with E-state index in [-0.39, 0.29) is 79.8 Å². The normalized spacial score (nSPS) is 11.5. The highest BCUT2D eigenvalue weighted by atomic mass is 33.1. The van der Waals surface area contributed by atoms with Crippen LogP contribution in [0, 0.1) is 45.8 Å². The van der Waals surface area contributed by atoms with Crippen LogP contribution in [0.25, 0.3) is 0 Å². The molecule has 1 N–H and O–H groups in total. The van der Waals surface area contributed by atoms with Gasteiger partial charge in [0, 0.05) is 101 Å². The molecule has 122 heavy (non-hydrogen) atoms. The number of Topliss-reactive ketones (excluding diaryl/α,β-unsaturated/α-hetero) is 1. The summed E-state index contributed by atoms with van der Waals surface area (Å²) in [5.74, 6) is 6.63. The van der Waals surface area contributed by atoms with E-state index < -0.39 is 24.5 Å². The number of hydrogen-bond acceptors (Lipinski definition) is 23. The molecule has 1 unspecified atom stereocenters. The van der Waals surface area contributed by atoms with Gasteiger partial charge in [0.2, 0.25) is 0 Å². The average Bonchev–Trinajstić information content (AvgIpc) is 0.885. The van der Waals surface area contributed by atoms with E-state index in [0.29, 0.717) is 91.6 Å². The maximum atomic E-state index is 12.1. The number of ether oxygens (including phenoxy) is 10. The summed E-state index contributed by atoms with van der Waals surface area (Å²) < 4.78 is 50.5. The summed E-state index contributed by atoms with van der Waals surface area (Å²) in [5, 5.41) is 2.73. The molecule has 0 aromatic heterocycles. The third-order valence-corrected chi connectivity index (χ3v) is 21.3. The van der Waals surface area contributed by atoms with E-state index in [0.717, 1.165) is 73.6 Å². The summed E-state index contributed by atoms with van der Waals surface area (Å²) in [4.78, 5) is 97.8. The average molecular weight is 1810 g/mol. The Morgan fingerprint density at radius 1 is 0.377 bits per heavy atom. The van der Waals surface area contributed by atoms with Gasteiger partial charge in [-0.05, 0) is 218 Å².